The average molecular weight is 806 g/mol. The number of hydrogen-bond donors (Lipinski definition) is 2. The molecule has 0 saturated carbocycles. The molecule has 0 fully saturated rings. The predicted molar refractivity (Wildman–Crippen MR) is 165 cm³/mol. The van der Waals surface area contributed by atoms with Crippen molar-refractivity contribution in [2.75, 3.05) is 25.2 Å². The molecule has 0 aliphatic rings. The van der Waals surface area contributed by atoms with E-state index in [1.165, 1.54) is 6.92 Å². The van der Waals surface area contributed by atoms with E-state index in [4.69, 9.17) is 20.3 Å². The van der Waals surface area contributed by atoms with Gasteiger partial charge >= 0.3 is 121 Å². The second-order valence-electron chi connectivity index (χ2n) is 7.87. The van der Waals surface area contributed by atoms with E-state index in [1.54, 1.807) is 44.2 Å². The Balaban J connectivity index is -0.000000179. The SMILES string of the molecule is CC(=O)C(=O)[O-].CC(=O)[O-].CCOC(=O)C(=O)OC/C(=N/O)c1ccccc1.CCOC(=O)C(C)=O.O/N=C(/CBr)c1ccccc1.[K+].[K+]. The third-order valence-corrected chi connectivity index (χ3v) is 4.75. The number of aliphatic carboxylic acids is 2. The third-order valence-electron chi connectivity index (χ3n) is 4.21. The van der Waals surface area contributed by atoms with Crippen LogP contribution in [0.2, 0.25) is 0 Å². The van der Waals surface area contributed by atoms with Gasteiger partial charge < -0.3 is 44.4 Å². The maximum atomic E-state index is 11.2. The number of rotatable bonds is 9. The molecule has 0 aliphatic heterocycles. The van der Waals surface area contributed by atoms with Gasteiger partial charge in [-0.25, -0.2) is 14.4 Å². The summed E-state index contributed by atoms with van der Waals surface area (Å²) in [5.74, 6) is -7.14. The summed E-state index contributed by atoms with van der Waals surface area (Å²) in [5.41, 5.74) is 2.32. The molecule has 0 heterocycles. The Bertz CT molecular complexity index is 1330. The van der Waals surface area contributed by atoms with Crippen molar-refractivity contribution >= 4 is 68.8 Å². The maximum Gasteiger partial charge on any atom is 1.00 e. The molecule has 0 atom stereocenters. The molecule has 258 valence electrons. The van der Waals surface area contributed by atoms with Crippen LogP contribution in [0, 0.1) is 0 Å². The number of carboxylic acid groups (broad SMARTS) is 2. The summed E-state index contributed by atoms with van der Waals surface area (Å²) in [6, 6.07) is 18.2. The molecule has 2 N–H and O–H groups in total. The fraction of sp³-hybridized carbons (Fsp3) is 0.300. The van der Waals surface area contributed by atoms with Crippen LogP contribution in [0.5, 0.6) is 0 Å². The number of nitrogens with zero attached hydrogens (tertiary/aromatic N) is 2. The van der Waals surface area contributed by atoms with E-state index < -0.39 is 41.4 Å². The van der Waals surface area contributed by atoms with Crippen LogP contribution in [0.25, 0.3) is 0 Å². The molecule has 19 heteroatoms. The topological polar surface area (TPSA) is 258 Å². The van der Waals surface area contributed by atoms with Gasteiger partial charge in [0.25, 0.3) is 0 Å². The fourth-order valence-electron chi connectivity index (χ4n) is 2.21. The van der Waals surface area contributed by atoms with Crippen molar-refractivity contribution in [3.05, 3.63) is 71.8 Å². The van der Waals surface area contributed by atoms with E-state index in [0.29, 0.717) is 16.6 Å². The summed E-state index contributed by atoms with van der Waals surface area (Å²) < 4.78 is 13.4. The smallest absolute Gasteiger partial charge is 0.550 e. The minimum atomic E-state index is -1.63. The number of ketones is 2. The van der Waals surface area contributed by atoms with Gasteiger partial charge in [0.05, 0.1) is 18.9 Å². The Morgan fingerprint density at radius 1 is 0.633 bits per heavy atom. The van der Waals surface area contributed by atoms with Crippen LogP contribution >= 0.6 is 15.9 Å². The number of esters is 3. The third kappa shape index (κ3) is 34.1. The largest absolute Gasteiger partial charge is 1.00 e. The number of alkyl halides is 1. The number of carbonyl (C=O) groups excluding carboxylic acids is 7. The summed E-state index contributed by atoms with van der Waals surface area (Å²) in [4.78, 5) is 70.0. The number of carbonyl (C=O) groups is 7. The van der Waals surface area contributed by atoms with Crippen molar-refractivity contribution in [3.8, 4) is 0 Å². The summed E-state index contributed by atoms with van der Waals surface area (Å²) in [6.45, 7) is 6.37. The van der Waals surface area contributed by atoms with Gasteiger partial charge in [0.1, 0.15) is 18.3 Å². The maximum absolute atomic E-state index is 11.2. The van der Waals surface area contributed by atoms with Crippen LogP contribution < -0.4 is 113 Å². The van der Waals surface area contributed by atoms with Crippen LogP contribution in [0.4, 0.5) is 0 Å². The molecular weight excluding hydrogens is 770 g/mol. The van der Waals surface area contributed by atoms with E-state index in [2.05, 4.69) is 40.5 Å². The van der Waals surface area contributed by atoms with Crippen molar-refractivity contribution in [1.29, 1.82) is 0 Å². The molecule has 0 radical (unpaired) electrons. The van der Waals surface area contributed by atoms with Crippen molar-refractivity contribution in [2.45, 2.75) is 34.6 Å². The molecule has 0 aromatic heterocycles. The first kappa shape index (κ1) is 56.2. The zero-order chi connectivity index (χ0) is 36.8. The van der Waals surface area contributed by atoms with E-state index in [1.807, 2.05) is 30.3 Å². The Morgan fingerprint density at radius 2 is 0.959 bits per heavy atom. The van der Waals surface area contributed by atoms with Gasteiger partial charge in [-0.3, -0.25) is 9.59 Å². The number of halogens is 1. The molecule has 16 nitrogen and oxygen atoms in total. The van der Waals surface area contributed by atoms with Gasteiger partial charge in [0, 0.05) is 36.3 Å². The monoisotopic (exact) mass is 804 g/mol. The normalized spacial score (nSPS) is 9.35. The Hall–Kier alpha value is -2.18. The zero-order valence-corrected chi connectivity index (χ0v) is 36.0. The van der Waals surface area contributed by atoms with Crippen LogP contribution in [-0.4, -0.2) is 88.4 Å². The summed E-state index contributed by atoms with van der Waals surface area (Å²) in [5, 5.41) is 42.2. The average Bonchev–Trinajstić information content (AvgIpc) is 3.03. The summed E-state index contributed by atoms with van der Waals surface area (Å²) in [6.07, 6.45) is 0. The molecular formula is C30H35BrK2N2O14. The molecule has 0 aliphatic carbocycles. The van der Waals surface area contributed by atoms with Gasteiger partial charge in [0.15, 0.2) is 5.78 Å². The quantitative estimate of drug-likeness (QED) is 0.0351. The van der Waals surface area contributed by atoms with Crippen LogP contribution in [0.1, 0.15) is 45.7 Å². The molecule has 2 aromatic carbocycles. The number of Topliss-reactive ketones (excluding diaryl/α,β-unsaturated/α-hetero) is 2. The van der Waals surface area contributed by atoms with Crippen molar-refractivity contribution in [1.82, 2.24) is 0 Å². The van der Waals surface area contributed by atoms with Gasteiger partial charge in [0.2, 0.25) is 5.78 Å². The molecule has 2 aromatic rings. The molecule has 49 heavy (non-hydrogen) atoms. The molecule has 0 bridgehead atoms. The van der Waals surface area contributed by atoms with Gasteiger partial charge in [-0.05, 0) is 20.8 Å². The van der Waals surface area contributed by atoms with E-state index in [9.17, 15) is 33.9 Å². The standard InChI is InChI=1S/C12H13NO5.C8H8BrNO.C5H8O3.C3H4O3.C2H4O2.2K/c1-2-17-11(14)12(15)18-8-10(13-16)9-6-4-3-5-7-9;9-6-8(10-11)7-4-2-1-3-5-7;1-3-8-5(7)4(2)6;1-2(4)3(5)6;1-2(3)4;;/h3-7,16H,2,8H2,1H3;1-5,11H,6H2;3H2,1-2H3;1H3,(H,5,6);1H3,(H,3,4);;/q;;;;;2*+1/p-2/b13-10-;10-8-;;;;;. The van der Waals surface area contributed by atoms with Gasteiger partial charge in [-0.15, -0.1) is 0 Å². The molecule has 0 spiro atoms. The fourth-order valence-corrected chi connectivity index (χ4v) is 2.64. The van der Waals surface area contributed by atoms with Crippen LogP contribution in [0.15, 0.2) is 71.0 Å². The zero-order valence-electron chi connectivity index (χ0n) is 28.2. The van der Waals surface area contributed by atoms with Crippen molar-refractivity contribution < 1.29 is 171 Å². The molecule has 0 amide bonds. The van der Waals surface area contributed by atoms with E-state index >= 15 is 0 Å². The predicted octanol–water partition coefficient (Wildman–Crippen LogP) is -5.54. The molecule has 2 rings (SSSR count). The second-order valence-corrected chi connectivity index (χ2v) is 8.43. The summed E-state index contributed by atoms with van der Waals surface area (Å²) in [7, 11) is 0. The minimum Gasteiger partial charge on any atom is -0.550 e. The Kier molecular flexibility index (Phi) is 42.5. The first-order chi connectivity index (χ1) is 22.1. The first-order valence-electron chi connectivity index (χ1n) is 13.1. The van der Waals surface area contributed by atoms with Crippen molar-refractivity contribution in [2.24, 2.45) is 10.3 Å². The first-order valence-corrected chi connectivity index (χ1v) is 14.2. The minimum absolute atomic E-state index is 0. The van der Waals surface area contributed by atoms with E-state index in [0.717, 1.165) is 19.4 Å². The number of benzene rings is 2. The molecule has 0 unspecified atom stereocenters. The van der Waals surface area contributed by atoms with Gasteiger partial charge in [-0.2, -0.15) is 0 Å². The molecule has 0 saturated heterocycles. The summed E-state index contributed by atoms with van der Waals surface area (Å²) >= 11 is 3.22. The number of ether oxygens (including phenoxy) is 3. The van der Waals surface area contributed by atoms with E-state index in [-0.39, 0.29) is 128 Å². The Labute approximate surface area is 376 Å². The number of hydrogen-bond acceptors (Lipinski definition) is 16. The van der Waals surface area contributed by atoms with Gasteiger partial charge in [-0.1, -0.05) is 86.9 Å². The van der Waals surface area contributed by atoms with Crippen LogP contribution in [0.3, 0.4) is 0 Å². The number of oxime groups is 2. The van der Waals surface area contributed by atoms with Crippen LogP contribution in [-0.2, 0) is 47.8 Å². The second kappa shape index (κ2) is 37.1. The number of carboxylic acids is 2. The van der Waals surface area contributed by atoms with Crippen molar-refractivity contribution in [3.63, 3.8) is 0 Å². The Morgan fingerprint density at radius 3 is 1.22 bits per heavy atom.